The molecule has 0 aliphatic rings. The maximum Gasteiger partial charge on any atom is 0.0625 e. The number of nitrogens with one attached hydrogen (secondary N) is 1. The van der Waals surface area contributed by atoms with Crippen LogP contribution in [0.5, 0.6) is 0 Å². The molecule has 0 saturated heterocycles. The van der Waals surface area contributed by atoms with E-state index in [1.807, 2.05) is 0 Å². The van der Waals surface area contributed by atoms with Crippen molar-refractivity contribution in [1.29, 1.82) is 0 Å². The predicted octanol–water partition coefficient (Wildman–Crippen LogP) is -2.48. The van der Waals surface area contributed by atoms with E-state index in [1.165, 1.54) is 31.2 Å². The van der Waals surface area contributed by atoms with Crippen LogP contribution in [0, 0.1) is 0 Å². The summed E-state index contributed by atoms with van der Waals surface area (Å²) in [6.07, 6.45) is 0. The Kier molecular flexibility index (Phi) is 11.1. The second kappa shape index (κ2) is 8.67. The Bertz CT molecular complexity index is 67.5. The Morgan fingerprint density at radius 3 is 1.09 bits per heavy atom. The van der Waals surface area contributed by atoms with Crippen molar-refractivity contribution in [2.75, 3.05) is 0 Å². The van der Waals surface area contributed by atoms with Gasteiger partial charge in [0, 0.05) is 12.1 Å². The molecule has 0 heterocycles. The Balaban J connectivity index is 0. The summed E-state index contributed by atoms with van der Waals surface area (Å²) in [7, 11) is 3.92. The third kappa shape index (κ3) is 37.2. The molecule has 0 bridgehead atoms. The van der Waals surface area contributed by atoms with Gasteiger partial charge in [-0.1, -0.05) is 27.7 Å². The van der Waals surface area contributed by atoms with Crippen molar-refractivity contribution in [3.05, 3.63) is 0 Å². The quantitative estimate of drug-likeness (QED) is 0.506. The summed E-state index contributed by atoms with van der Waals surface area (Å²) in [5.74, 6) is 0. The molecule has 0 aromatic rings. The van der Waals surface area contributed by atoms with Gasteiger partial charge in [0.25, 0.3) is 0 Å². The molecule has 0 aliphatic carbocycles. The van der Waals surface area contributed by atoms with Gasteiger partial charge in [-0.3, -0.25) is 0 Å². The van der Waals surface area contributed by atoms with Crippen LogP contribution in [-0.4, -0.2) is 47.2 Å². The van der Waals surface area contributed by atoms with Gasteiger partial charge in [-0.2, -0.15) is 0 Å². The van der Waals surface area contributed by atoms with E-state index in [-0.39, 0.29) is 0 Å². The second-order valence-electron chi connectivity index (χ2n) is 3.82. The smallest absolute Gasteiger partial charge is 0.0625 e. The summed E-state index contributed by atoms with van der Waals surface area (Å²) in [6.45, 7) is 8.61. The zero-order valence-corrected chi connectivity index (χ0v) is 15.1. The topological polar surface area (TPSA) is 15.3 Å². The van der Waals surface area contributed by atoms with Gasteiger partial charge in [-0.05, 0) is 0 Å². The fraction of sp³-hybridized carbons (Fsp3) is 1.00. The summed E-state index contributed by atoms with van der Waals surface area (Å²) in [6, 6.07) is 1.25. The summed E-state index contributed by atoms with van der Waals surface area (Å²) >= 11 is 0. The molecule has 0 rings (SSSR count). The van der Waals surface area contributed by atoms with Crippen molar-refractivity contribution >= 4 is 31.2 Å². The summed E-state index contributed by atoms with van der Waals surface area (Å²) in [4.78, 5) is 0. The van der Waals surface area contributed by atoms with Gasteiger partial charge in [0.2, 0.25) is 0 Å². The van der Waals surface area contributed by atoms with E-state index in [0.29, 0.717) is 12.1 Å². The monoisotopic (exact) mass is 208 g/mol. The molecule has 70 valence electrons. The first-order valence-electron chi connectivity index (χ1n) is 4.23. The molecular formula is C6H24N2Si3. The van der Waals surface area contributed by atoms with Crippen LogP contribution < -0.4 is 5.32 Å². The minimum absolute atomic E-state index is 0.625. The molecule has 0 fully saturated rings. The molecule has 0 aromatic carbocycles. The average Bonchev–Trinajstić information content (AvgIpc) is 1.56. The first kappa shape index (κ1) is 14.1. The van der Waals surface area contributed by atoms with E-state index in [2.05, 4.69) is 36.9 Å². The van der Waals surface area contributed by atoms with Gasteiger partial charge in [0.15, 0.2) is 0 Å². The van der Waals surface area contributed by atoms with Gasteiger partial charge in [-0.25, -0.2) is 0 Å². The maximum atomic E-state index is 3.31. The lowest BCUT2D eigenvalue weighted by Crippen LogP contribution is -2.29. The van der Waals surface area contributed by atoms with Gasteiger partial charge in [-0.15, -0.1) is 0 Å². The van der Waals surface area contributed by atoms with Crippen LogP contribution in [-0.2, 0) is 0 Å². The van der Waals surface area contributed by atoms with E-state index < -0.39 is 0 Å². The van der Waals surface area contributed by atoms with Crippen molar-refractivity contribution in [1.82, 2.24) is 9.21 Å². The minimum Gasteiger partial charge on any atom is -0.390 e. The van der Waals surface area contributed by atoms with Crippen LogP contribution in [0.15, 0.2) is 0 Å². The normalized spacial score (nSPS) is 11.2. The third-order valence-electron chi connectivity index (χ3n) is 0.667. The van der Waals surface area contributed by atoms with E-state index in [4.69, 9.17) is 0 Å². The highest BCUT2D eigenvalue weighted by atomic mass is 28.3. The zero-order valence-electron chi connectivity index (χ0n) is 9.10. The highest BCUT2D eigenvalue weighted by Crippen LogP contribution is 1.80. The Morgan fingerprint density at radius 2 is 1.09 bits per heavy atom. The lowest BCUT2D eigenvalue weighted by Gasteiger charge is -2.10. The average molecular weight is 209 g/mol. The first-order valence-corrected chi connectivity index (χ1v) is 6.91. The third-order valence-corrected chi connectivity index (χ3v) is 0.667. The number of rotatable bonds is 2. The van der Waals surface area contributed by atoms with Crippen molar-refractivity contribution < 1.29 is 0 Å². The van der Waals surface area contributed by atoms with Gasteiger partial charge in [0.05, 0.1) is 31.2 Å². The Labute approximate surface area is 80.6 Å². The fourth-order valence-electron chi connectivity index (χ4n) is 0.667. The van der Waals surface area contributed by atoms with Gasteiger partial charge < -0.3 is 9.21 Å². The Hall–Kier alpha value is 0.571. The van der Waals surface area contributed by atoms with E-state index in [1.54, 1.807) is 0 Å². The fourth-order valence-corrected chi connectivity index (χ4v) is 0.667. The second-order valence-corrected chi connectivity index (χ2v) is 14.6. The van der Waals surface area contributed by atoms with Crippen molar-refractivity contribution in [2.24, 2.45) is 0 Å². The lowest BCUT2D eigenvalue weighted by atomic mass is 10.3. The van der Waals surface area contributed by atoms with Crippen LogP contribution in [0.1, 0.15) is 27.7 Å². The minimum atomic E-state index is 0.625. The molecule has 0 amide bonds. The van der Waals surface area contributed by atoms with Crippen LogP contribution >= 0.6 is 0 Å². The zero-order chi connectivity index (χ0) is 9.44. The maximum absolute atomic E-state index is 3.31. The Morgan fingerprint density at radius 1 is 0.909 bits per heavy atom. The summed E-state index contributed by atoms with van der Waals surface area (Å²) in [5, 5.41) is 3.31. The predicted molar refractivity (Wildman–Crippen MR) is 65.1 cm³/mol. The van der Waals surface area contributed by atoms with Crippen LogP contribution in [0.25, 0.3) is 0 Å². The number of hydrogen-bond acceptors (Lipinski definition) is 2. The molecule has 5 heteroatoms. The van der Waals surface area contributed by atoms with E-state index in [0.717, 1.165) is 0 Å². The van der Waals surface area contributed by atoms with Crippen molar-refractivity contribution in [2.45, 2.75) is 39.8 Å². The molecule has 0 aromatic heterocycles. The number of nitrogens with zero attached hydrogens (tertiary/aromatic N) is 1. The molecule has 0 spiro atoms. The number of hydrogen-bond donors (Lipinski definition) is 1. The van der Waals surface area contributed by atoms with Gasteiger partial charge >= 0.3 is 0 Å². The molecule has 0 radical (unpaired) electrons. The van der Waals surface area contributed by atoms with E-state index >= 15 is 0 Å². The van der Waals surface area contributed by atoms with Crippen LogP contribution in [0.4, 0.5) is 0 Å². The van der Waals surface area contributed by atoms with E-state index in [9.17, 15) is 0 Å². The molecule has 2 nitrogen and oxygen atoms in total. The molecular weight excluding hydrogens is 184 g/mol. The molecule has 1 N–H and O–H groups in total. The molecule has 0 saturated carbocycles. The lowest BCUT2D eigenvalue weighted by molar-refractivity contribution is 0.518. The molecule has 0 unspecified atom stereocenters. The highest BCUT2D eigenvalue weighted by Gasteiger charge is 1.92. The first-order chi connectivity index (χ1) is 4.86. The molecule has 11 heavy (non-hydrogen) atoms. The van der Waals surface area contributed by atoms with Crippen LogP contribution in [0.3, 0.4) is 0 Å². The van der Waals surface area contributed by atoms with Crippen molar-refractivity contribution in [3.8, 4) is 0 Å². The highest BCUT2D eigenvalue weighted by molar-refractivity contribution is 6.41. The summed E-state index contributed by atoms with van der Waals surface area (Å²) in [5.41, 5.74) is 0. The standard InChI is InChI=1S/C6H15N.H9NSi3/c1-5(2)7-6(3)4;2-1(3)4/h5-7H,1-4H3;2-4H3. The largest absolute Gasteiger partial charge is 0.390 e. The molecule has 0 atom stereocenters. The van der Waals surface area contributed by atoms with Crippen molar-refractivity contribution in [3.63, 3.8) is 0 Å². The SMILES string of the molecule is CC(C)NC(C)C.[SiH3]N([SiH3])[SiH3]. The van der Waals surface area contributed by atoms with Gasteiger partial charge in [0.1, 0.15) is 0 Å². The molecule has 0 aliphatic heterocycles. The van der Waals surface area contributed by atoms with Crippen LogP contribution in [0.2, 0.25) is 0 Å². The summed E-state index contributed by atoms with van der Waals surface area (Å²) < 4.78 is 2.42.